The highest BCUT2D eigenvalue weighted by atomic mass is 16.5. The van der Waals surface area contributed by atoms with Crippen molar-refractivity contribution >= 4 is 17.8 Å². The topological polar surface area (TPSA) is 122 Å². The van der Waals surface area contributed by atoms with Crippen molar-refractivity contribution in [1.82, 2.24) is 10.2 Å². The van der Waals surface area contributed by atoms with Gasteiger partial charge in [-0.2, -0.15) is 0 Å². The second-order valence-corrected chi connectivity index (χ2v) is 7.55. The van der Waals surface area contributed by atoms with Crippen LogP contribution in [0.1, 0.15) is 37.7 Å². The summed E-state index contributed by atoms with van der Waals surface area (Å²) in [4.78, 5) is 36.7. The number of carbonyl (C=O) groups excluding carboxylic acids is 2. The third kappa shape index (κ3) is 5.01. The van der Waals surface area contributed by atoms with E-state index in [-0.39, 0.29) is 25.1 Å². The van der Waals surface area contributed by atoms with Crippen molar-refractivity contribution in [2.75, 3.05) is 13.2 Å². The van der Waals surface area contributed by atoms with Crippen LogP contribution >= 0.6 is 0 Å². The van der Waals surface area contributed by atoms with Crippen molar-refractivity contribution in [2.24, 2.45) is 11.7 Å². The lowest BCUT2D eigenvalue weighted by Gasteiger charge is -2.32. The summed E-state index contributed by atoms with van der Waals surface area (Å²) in [6.07, 6.45) is 4.90. The van der Waals surface area contributed by atoms with E-state index in [1.165, 1.54) is 0 Å². The minimum atomic E-state index is -0.839. The molecule has 28 heavy (non-hydrogen) atoms. The number of carboxylic acids is 1. The van der Waals surface area contributed by atoms with Crippen LogP contribution in [0.3, 0.4) is 0 Å². The van der Waals surface area contributed by atoms with E-state index in [9.17, 15) is 19.5 Å². The van der Waals surface area contributed by atoms with E-state index in [0.29, 0.717) is 24.6 Å². The fraction of sp³-hybridized carbons (Fsp3) is 0.550. The molecule has 3 rings (SSSR count). The van der Waals surface area contributed by atoms with Gasteiger partial charge in [0.2, 0.25) is 5.91 Å². The quantitative estimate of drug-likeness (QED) is 0.607. The first-order chi connectivity index (χ1) is 13.4. The molecular weight excluding hydrogens is 362 g/mol. The molecule has 2 aliphatic rings. The number of likely N-dealkylation sites (tertiary alicyclic amines) is 1. The number of amides is 2. The molecule has 0 bridgehead atoms. The number of nitrogens with two attached hydrogens (primary N) is 1. The molecule has 2 fully saturated rings. The summed E-state index contributed by atoms with van der Waals surface area (Å²) in [5, 5.41) is 12.4. The standard InChI is InChI=1S/C20H27N3O5/c21-18(24)12-28-15-7-5-13(6-8-15)10-22-19(25)11-23-16-4-2-1-3-14(16)9-17(23)20(26)27/h5-8,14,16-17H,1-4,9-12H2,(H2,21,24)(H,22,25)(H,26,27). The summed E-state index contributed by atoms with van der Waals surface area (Å²) >= 11 is 0. The molecule has 8 heteroatoms. The number of nitrogens with zero attached hydrogens (tertiary/aromatic N) is 1. The van der Waals surface area contributed by atoms with Gasteiger partial charge in [0, 0.05) is 12.6 Å². The first-order valence-corrected chi connectivity index (χ1v) is 9.69. The Kier molecular flexibility index (Phi) is 6.51. The molecule has 2 amide bonds. The SMILES string of the molecule is NC(=O)COc1ccc(CNC(=O)CN2C(C(=O)O)CC3CCCCC32)cc1. The predicted molar refractivity (Wildman–Crippen MR) is 101 cm³/mol. The molecule has 1 aromatic rings. The van der Waals surface area contributed by atoms with E-state index < -0.39 is 17.9 Å². The first kappa shape index (κ1) is 20.1. The molecule has 1 aliphatic carbocycles. The maximum atomic E-state index is 12.4. The Hall–Kier alpha value is -2.61. The number of rotatable bonds is 8. The summed E-state index contributed by atoms with van der Waals surface area (Å²) in [5.74, 6) is -0.646. The second kappa shape index (κ2) is 9.05. The normalized spacial score (nSPS) is 24.4. The molecule has 1 aliphatic heterocycles. The van der Waals surface area contributed by atoms with Gasteiger partial charge in [-0.25, -0.2) is 0 Å². The van der Waals surface area contributed by atoms with Gasteiger partial charge in [-0.05, 0) is 42.9 Å². The summed E-state index contributed by atoms with van der Waals surface area (Å²) in [7, 11) is 0. The molecule has 3 atom stereocenters. The maximum absolute atomic E-state index is 12.4. The van der Waals surface area contributed by atoms with Gasteiger partial charge in [0.05, 0.1) is 6.54 Å². The molecular formula is C20H27N3O5. The van der Waals surface area contributed by atoms with Crippen LogP contribution in [-0.4, -0.2) is 53.0 Å². The van der Waals surface area contributed by atoms with Crippen LogP contribution in [0.25, 0.3) is 0 Å². The number of benzene rings is 1. The number of aliphatic carboxylic acids is 1. The van der Waals surface area contributed by atoms with Crippen LogP contribution in [0, 0.1) is 5.92 Å². The van der Waals surface area contributed by atoms with Crippen molar-refractivity contribution in [2.45, 2.75) is 50.7 Å². The van der Waals surface area contributed by atoms with Crippen molar-refractivity contribution in [3.05, 3.63) is 29.8 Å². The van der Waals surface area contributed by atoms with E-state index in [1.54, 1.807) is 24.3 Å². The third-order valence-corrected chi connectivity index (χ3v) is 5.63. The zero-order valence-electron chi connectivity index (χ0n) is 15.8. The van der Waals surface area contributed by atoms with Gasteiger partial charge in [-0.3, -0.25) is 19.3 Å². The molecule has 8 nitrogen and oxygen atoms in total. The number of fused-ring (bicyclic) bond motifs is 1. The lowest BCUT2D eigenvalue weighted by atomic mass is 9.85. The van der Waals surface area contributed by atoms with Crippen LogP contribution in [0.15, 0.2) is 24.3 Å². The van der Waals surface area contributed by atoms with Gasteiger partial charge in [0.1, 0.15) is 11.8 Å². The highest BCUT2D eigenvalue weighted by Gasteiger charge is 2.45. The van der Waals surface area contributed by atoms with E-state index in [2.05, 4.69) is 5.32 Å². The number of nitrogens with one attached hydrogen (secondary N) is 1. The zero-order valence-corrected chi connectivity index (χ0v) is 15.8. The molecule has 3 unspecified atom stereocenters. The Labute approximate surface area is 164 Å². The summed E-state index contributed by atoms with van der Waals surface area (Å²) in [6, 6.07) is 6.63. The lowest BCUT2D eigenvalue weighted by Crippen LogP contribution is -2.47. The fourth-order valence-corrected chi connectivity index (χ4v) is 4.30. The van der Waals surface area contributed by atoms with Gasteiger partial charge in [0.25, 0.3) is 5.91 Å². The summed E-state index contributed by atoms with van der Waals surface area (Å²) in [5.41, 5.74) is 5.92. The van der Waals surface area contributed by atoms with E-state index in [0.717, 1.165) is 31.2 Å². The van der Waals surface area contributed by atoms with E-state index in [4.69, 9.17) is 10.5 Å². The van der Waals surface area contributed by atoms with Crippen LogP contribution < -0.4 is 15.8 Å². The van der Waals surface area contributed by atoms with Crippen LogP contribution in [0.2, 0.25) is 0 Å². The Bertz CT molecular complexity index is 721. The highest BCUT2D eigenvalue weighted by Crippen LogP contribution is 2.39. The van der Waals surface area contributed by atoms with Crippen molar-refractivity contribution in [3.8, 4) is 5.75 Å². The lowest BCUT2D eigenvalue weighted by molar-refractivity contribution is -0.143. The van der Waals surface area contributed by atoms with Gasteiger partial charge in [-0.1, -0.05) is 25.0 Å². The molecule has 1 heterocycles. The largest absolute Gasteiger partial charge is 0.484 e. The predicted octanol–water partition coefficient (Wildman–Crippen LogP) is 0.885. The molecule has 0 radical (unpaired) electrons. The maximum Gasteiger partial charge on any atom is 0.320 e. The van der Waals surface area contributed by atoms with E-state index in [1.807, 2.05) is 4.90 Å². The fourth-order valence-electron chi connectivity index (χ4n) is 4.30. The Morgan fingerprint density at radius 1 is 1.18 bits per heavy atom. The Balaban J connectivity index is 1.51. The van der Waals surface area contributed by atoms with E-state index >= 15 is 0 Å². The average Bonchev–Trinajstić information content (AvgIpc) is 3.04. The highest BCUT2D eigenvalue weighted by molar-refractivity contribution is 5.80. The van der Waals surface area contributed by atoms with Crippen LogP contribution in [0.4, 0.5) is 0 Å². The third-order valence-electron chi connectivity index (χ3n) is 5.63. The average molecular weight is 389 g/mol. The van der Waals surface area contributed by atoms with Crippen molar-refractivity contribution in [3.63, 3.8) is 0 Å². The van der Waals surface area contributed by atoms with Crippen molar-refractivity contribution < 1.29 is 24.2 Å². The molecule has 1 aromatic carbocycles. The Morgan fingerprint density at radius 2 is 1.89 bits per heavy atom. The molecule has 1 saturated heterocycles. The van der Waals surface area contributed by atoms with Crippen LogP contribution in [-0.2, 0) is 20.9 Å². The number of hydrogen-bond acceptors (Lipinski definition) is 5. The number of primary amides is 1. The monoisotopic (exact) mass is 389 g/mol. The molecule has 0 spiro atoms. The summed E-state index contributed by atoms with van der Waals surface area (Å²) in [6.45, 7) is 0.269. The molecule has 0 aromatic heterocycles. The minimum Gasteiger partial charge on any atom is -0.484 e. The zero-order chi connectivity index (χ0) is 20.1. The Morgan fingerprint density at radius 3 is 2.57 bits per heavy atom. The molecule has 4 N–H and O–H groups in total. The summed E-state index contributed by atoms with van der Waals surface area (Å²) < 4.78 is 5.20. The van der Waals surface area contributed by atoms with Crippen LogP contribution in [0.5, 0.6) is 5.75 Å². The smallest absolute Gasteiger partial charge is 0.320 e. The second-order valence-electron chi connectivity index (χ2n) is 7.55. The molecule has 152 valence electrons. The van der Waals surface area contributed by atoms with Gasteiger partial charge < -0.3 is 20.9 Å². The van der Waals surface area contributed by atoms with Gasteiger partial charge >= 0.3 is 5.97 Å². The van der Waals surface area contributed by atoms with Gasteiger partial charge in [0.15, 0.2) is 6.61 Å². The minimum absolute atomic E-state index is 0.109. The number of ether oxygens (including phenoxy) is 1. The van der Waals surface area contributed by atoms with Crippen molar-refractivity contribution in [1.29, 1.82) is 0 Å². The first-order valence-electron chi connectivity index (χ1n) is 9.69. The number of carbonyl (C=O) groups is 3. The molecule has 1 saturated carbocycles. The number of hydrogen-bond donors (Lipinski definition) is 3. The number of carboxylic acid groups (broad SMARTS) is 1. The van der Waals surface area contributed by atoms with Gasteiger partial charge in [-0.15, -0.1) is 0 Å².